The summed E-state index contributed by atoms with van der Waals surface area (Å²) in [6.07, 6.45) is 2.05. The van der Waals surface area contributed by atoms with E-state index in [1.54, 1.807) is 0 Å². The minimum atomic E-state index is -0.352. The van der Waals surface area contributed by atoms with Crippen LogP contribution in [-0.4, -0.2) is 23.4 Å². The molecular formula is C13H18FNO2. The first-order valence-electron chi connectivity index (χ1n) is 5.89. The molecule has 1 fully saturated rings. The van der Waals surface area contributed by atoms with E-state index < -0.39 is 0 Å². The number of benzene rings is 1. The second-order valence-corrected chi connectivity index (χ2v) is 4.96. The summed E-state index contributed by atoms with van der Waals surface area (Å²) in [5.41, 5.74) is 0.566. The van der Waals surface area contributed by atoms with Crippen LogP contribution in [0.15, 0.2) is 18.2 Å². The SMILES string of the molecule is CC(NCC1(CO)CC1)c1cc(F)ccc1O. The molecule has 94 valence electrons. The molecule has 0 spiro atoms. The van der Waals surface area contributed by atoms with Gasteiger partial charge in [0.2, 0.25) is 0 Å². The highest BCUT2D eigenvalue weighted by atomic mass is 19.1. The lowest BCUT2D eigenvalue weighted by Crippen LogP contribution is -2.28. The lowest BCUT2D eigenvalue weighted by atomic mass is 10.0. The van der Waals surface area contributed by atoms with E-state index in [1.165, 1.54) is 18.2 Å². The van der Waals surface area contributed by atoms with E-state index in [9.17, 15) is 14.6 Å². The van der Waals surface area contributed by atoms with Gasteiger partial charge in [-0.15, -0.1) is 0 Å². The summed E-state index contributed by atoms with van der Waals surface area (Å²) >= 11 is 0. The maximum atomic E-state index is 13.1. The van der Waals surface area contributed by atoms with Crippen LogP contribution in [-0.2, 0) is 0 Å². The van der Waals surface area contributed by atoms with Crippen molar-refractivity contribution in [3.8, 4) is 5.75 Å². The summed E-state index contributed by atoms with van der Waals surface area (Å²) in [4.78, 5) is 0. The third-order valence-electron chi connectivity index (χ3n) is 3.53. The molecule has 1 aliphatic rings. The molecule has 1 aliphatic carbocycles. The van der Waals surface area contributed by atoms with Gasteiger partial charge in [0.15, 0.2) is 0 Å². The van der Waals surface area contributed by atoms with Gasteiger partial charge in [-0.05, 0) is 38.0 Å². The number of hydrogen-bond acceptors (Lipinski definition) is 3. The van der Waals surface area contributed by atoms with Gasteiger partial charge >= 0.3 is 0 Å². The van der Waals surface area contributed by atoms with Crippen molar-refractivity contribution in [1.29, 1.82) is 0 Å². The fourth-order valence-electron chi connectivity index (χ4n) is 1.92. The van der Waals surface area contributed by atoms with Crippen LogP contribution in [0.25, 0.3) is 0 Å². The number of phenols is 1. The van der Waals surface area contributed by atoms with Crippen molar-refractivity contribution in [2.24, 2.45) is 5.41 Å². The summed E-state index contributed by atoms with van der Waals surface area (Å²) < 4.78 is 13.1. The Balaban J connectivity index is 1.99. The molecule has 0 aliphatic heterocycles. The van der Waals surface area contributed by atoms with Gasteiger partial charge in [0.05, 0.1) is 0 Å². The number of aliphatic hydroxyl groups is 1. The summed E-state index contributed by atoms with van der Waals surface area (Å²) in [5, 5.41) is 22.1. The quantitative estimate of drug-likeness (QED) is 0.736. The Morgan fingerprint density at radius 1 is 1.47 bits per heavy atom. The van der Waals surface area contributed by atoms with Crippen LogP contribution in [0.2, 0.25) is 0 Å². The Bertz CT molecular complexity index is 404. The van der Waals surface area contributed by atoms with Gasteiger partial charge in [-0.25, -0.2) is 4.39 Å². The minimum Gasteiger partial charge on any atom is -0.508 e. The zero-order valence-electron chi connectivity index (χ0n) is 9.91. The van der Waals surface area contributed by atoms with Crippen LogP contribution >= 0.6 is 0 Å². The Kier molecular flexibility index (Phi) is 3.35. The molecular weight excluding hydrogens is 221 g/mol. The Labute approximate surface area is 100 Å². The minimum absolute atomic E-state index is 0.0111. The Morgan fingerprint density at radius 2 is 2.18 bits per heavy atom. The molecule has 0 bridgehead atoms. The third kappa shape index (κ3) is 2.76. The molecule has 0 heterocycles. The standard InChI is InChI=1S/C13H18FNO2/c1-9(15-7-13(8-16)4-5-13)11-6-10(14)2-3-12(11)17/h2-3,6,9,15-17H,4-5,7-8H2,1H3. The van der Waals surface area contributed by atoms with Gasteiger partial charge in [-0.2, -0.15) is 0 Å². The van der Waals surface area contributed by atoms with E-state index in [1.807, 2.05) is 6.92 Å². The maximum absolute atomic E-state index is 13.1. The lowest BCUT2D eigenvalue weighted by molar-refractivity contribution is 0.204. The van der Waals surface area contributed by atoms with E-state index >= 15 is 0 Å². The number of aliphatic hydroxyl groups excluding tert-OH is 1. The number of hydrogen-bond donors (Lipinski definition) is 3. The average molecular weight is 239 g/mol. The molecule has 0 aromatic heterocycles. The molecule has 0 amide bonds. The largest absolute Gasteiger partial charge is 0.508 e. The Hall–Kier alpha value is -1.13. The first-order valence-corrected chi connectivity index (χ1v) is 5.89. The van der Waals surface area contributed by atoms with Crippen LogP contribution in [0.5, 0.6) is 5.75 Å². The number of phenolic OH excluding ortho intramolecular Hbond substituents is 1. The maximum Gasteiger partial charge on any atom is 0.123 e. The van der Waals surface area contributed by atoms with Crippen molar-refractivity contribution < 1.29 is 14.6 Å². The Morgan fingerprint density at radius 3 is 2.76 bits per heavy atom. The van der Waals surface area contributed by atoms with Crippen LogP contribution in [0.4, 0.5) is 4.39 Å². The molecule has 1 aromatic rings. The second-order valence-electron chi connectivity index (χ2n) is 4.96. The first-order chi connectivity index (χ1) is 8.06. The predicted molar refractivity (Wildman–Crippen MR) is 63.2 cm³/mol. The van der Waals surface area contributed by atoms with Crippen molar-refractivity contribution in [2.75, 3.05) is 13.2 Å². The van der Waals surface area contributed by atoms with Crippen molar-refractivity contribution in [3.05, 3.63) is 29.6 Å². The van der Waals surface area contributed by atoms with E-state index in [4.69, 9.17) is 0 Å². The van der Waals surface area contributed by atoms with Crippen molar-refractivity contribution in [2.45, 2.75) is 25.8 Å². The predicted octanol–water partition coefficient (Wildman–Crippen LogP) is 1.95. The van der Waals surface area contributed by atoms with Crippen LogP contribution in [0.3, 0.4) is 0 Å². The fraction of sp³-hybridized carbons (Fsp3) is 0.538. The van der Waals surface area contributed by atoms with E-state index in [0.717, 1.165) is 12.8 Å². The van der Waals surface area contributed by atoms with Crippen LogP contribution < -0.4 is 5.32 Å². The van der Waals surface area contributed by atoms with Gasteiger partial charge in [0.1, 0.15) is 11.6 Å². The highest BCUT2D eigenvalue weighted by molar-refractivity contribution is 5.34. The van der Waals surface area contributed by atoms with Gasteiger partial charge in [-0.3, -0.25) is 0 Å². The van der Waals surface area contributed by atoms with Crippen molar-refractivity contribution in [1.82, 2.24) is 5.32 Å². The normalized spacial score (nSPS) is 19.0. The number of nitrogens with one attached hydrogen (secondary N) is 1. The molecule has 3 nitrogen and oxygen atoms in total. The van der Waals surface area contributed by atoms with Gasteiger partial charge in [0.25, 0.3) is 0 Å². The van der Waals surface area contributed by atoms with Crippen molar-refractivity contribution in [3.63, 3.8) is 0 Å². The molecule has 1 unspecified atom stereocenters. The first kappa shape index (κ1) is 12.3. The molecule has 4 heteroatoms. The monoisotopic (exact) mass is 239 g/mol. The fourth-order valence-corrected chi connectivity index (χ4v) is 1.92. The highest BCUT2D eigenvalue weighted by Crippen LogP contribution is 2.44. The smallest absolute Gasteiger partial charge is 0.123 e. The highest BCUT2D eigenvalue weighted by Gasteiger charge is 2.41. The second kappa shape index (κ2) is 4.63. The third-order valence-corrected chi connectivity index (χ3v) is 3.53. The van der Waals surface area contributed by atoms with Gasteiger partial charge in [0, 0.05) is 30.2 Å². The zero-order chi connectivity index (χ0) is 12.5. The summed E-state index contributed by atoms with van der Waals surface area (Å²) in [7, 11) is 0. The molecule has 17 heavy (non-hydrogen) atoms. The number of halogens is 1. The topological polar surface area (TPSA) is 52.5 Å². The number of aromatic hydroxyl groups is 1. The molecule has 0 radical (unpaired) electrons. The zero-order valence-corrected chi connectivity index (χ0v) is 9.91. The molecule has 2 rings (SSSR count). The molecule has 1 aromatic carbocycles. The summed E-state index contributed by atoms with van der Waals surface area (Å²) in [6.45, 7) is 2.75. The molecule has 3 N–H and O–H groups in total. The molecule has 1 atom stereocenters. The van der Waals surface area contributed by atoms with Crippen LogP contribution in [0.1, 0.15) is 31.4 Å². The molecule has 1 saturated carbocycles. The lowest BCUT2D eigenvalue weighted by Gasteiger charge is -2.19. The van der Waals surface area contributed by atoms with E-state index in [-0.39, 0.29) is 29.6 Å². The van der Waals surface area contributed by atoms with Crippen LogP contribution in [0, 0.1) is 11.2 Å². The average Bonchev–Trinajstić information content (AvgIpc) is 3.10. The van der Waals surface area contributed by atoms with E-state index in [2.05, 4.69) is 5.32 Å². The summed E-state index contributed by atoms with van der Waals surface area (Å²) in [5.74, 6) is -0.255. The number of rotatable bonds is 5. The van der Waals surface area contributed by atoms with E-state index in [0.29, 0.717) is 12.1 Å². The van der Waals surface area contributed by atoms with Crippen molar-refractivity contribution >= 4 is 0 Å². The molecule has 0 saturated heterocycles. The van der Waals surface area contributed by atoms with Gasteiger partial charge < -0.3 is 15.5 Å². The van der Waals surface area contributed by atoms with Gasteiger partial charge in [-0.1, -0.05) is 0 Å². The summed E-state index contributed by atoms with van der Waals surface area (Å²) in [6, 6.07) is 3.81.